The highest BCUT2D eigenvalue weighted by atomic mass is 35.5. The molecule has 0 aliphatic rings. The maximum Gasteiger partial charge on any atom is 0.416 e. The summed E-state index contributed by atoms with van der Waals surface area (Å²) in [6.45, 7) is 3.91. The van der Waals surface area contributed by atoms with Gasteiger partial charge in [-0.25, -0.2) is 0 Å². The van der Waals surface area contributed by atoms with Crippen molar-refractivity contribution in [3.8, 4) is 0 Å². The lowest BCUT2D eigenvalue weighted by Gasteiger charge is -2.19. The lowest BCUT2D eigenvalue weighted by Crippen LogP contribution is -2.19. The van der Waals surface area contributed by atoms with Crippen LogP contribution < -0.4 is 5.73 Å². The molecule has 0 saturated heterocycles. The Bertz CT molecular complexity index is 352. The molecule has 0 saturated carbocycles. The summed E-state index contributed by atoms with van der Waals surface area (Å²) in [6, 6.07) is 4.91. The summed E-state index contributed by atoms with van der Waals surface area (Å²) < 4.78 is 37.4. The van der Waals surface area contributed by atoms with E-state index in [0.717, 1.165) is 18.6 Å². The Balaban J connectivity index is 0.00000256. The van der Waals surface area contributed by atoms with Crippen molar-refractivity contribution >= 4 is 12.4 Å². The first kappa shape index (κ1) is 16.3. The number of halogens is 4. The first-order chi connectivity index (χ1) is 7.36. The molecular formula is C12H17ClF3N. The molecule has 5 heteroatoms. The Labute approximate surface area is 106 Å². The van der Waals surface area contributed by atoms with E-state index in [1.807, 2.05) is 13.8 Å². The van der Waals surface area contributed by atoms with Crippen molar-refractivity contribution < 1.29 is 13.2 Å². The van der Waals surface area contributed by atoms with Crippen molar-refractivity contribution in [3.05, 3.63) is 35.4 Å². The third kappa shape index (κ3) is 4.21. The predicted octanol–water partition coefficient (Wildman–Crippen LogP) is 4.17. The van der Waals surface area contributed by atoms with Crippen LogP contribution in [0, 0.1) is 5.92 Å². The van der Waals surface area contributed by atoms with Gasteiger partial charge in [-0.2, -0.15) is 13.2 Å². The van der Waals surface area contributed by atoms with Crippen LogP contribution in [0.4, 0.5) is 13.2 Å². The zero-order valence-electron chi connectivity index (χ0n) is 9.79. The van der Waals surface area contributed by atoms with E-state index >= 15 is 0 Å². The average molecular weight is 268 g/mol. The van der Waals surface area contributed by atoms with Gasteiger partial charge < -0.3 is 5.73 Å². The average Bonchev–Trinajstić information content (AvgIpc) is 2.26. The zero-order chi connectivity index (χ0) is 12.3. The van der Waals surface area contributed by atoms with E-state index in [2.05, 4.69) is 0 Å². The molecule has 1 nitrogen and oxygen atoms in total. The molecule has 0 heterocycles. The van der Waals surface area contributed by atoms with Gasteiger partial charge >= 0.3 is 6.18 Å². The molecule has 0 bridgehead atoms. The molecule has 0 aliphatic carbocycles. The van der Waals surface area contributed by atoms with Crippen LogP contribution in [0.1, 0.15) is 37.4 Å². The lowest BCUT2D eigenvalue weighted by atomic mass is 9.92. The summed E-state index contributed by atoms with van der Waals surface area (Å²) in [4.78, 5) is 0. The van der Waals surface area contributed by atoms with Crippen molar-refractivity contribution in [1.29, 1.82) is 0 Å². The molecule has 1 aromatic carbocycles. The predicted molar refractivity (Wildman–Crippen MR) is 65.1 cm³/mol. The number of alkyl halides is 3. The van der Waals surface area contributed by atoms with Crippen molar-refractivity contribution in [2.24, 2.45) is 11.7 Å². The number of hydrogen-bond donors (Lipinski definition) is 1. The van der Waals surface area contributed by atoms with Gasteiger partial charge in [0.2, 0.25) is 0 Å². The summed E-state index contributed by atoms with van der Waals surface area (Å²) in [7, 11) is 0. The molecule has 1 unspecified atom stereocenters. The fourth-order valence-corrected chi connectivity index (χ4v) is 1.50. The molecule has 98 valence electrons. The molecule has 0 aromatic heterocycles. The fourth-order valence-electron chi connectivity index (χ4n) is 1.50. The molecule has 0 amide bonds. The molecule has 17 heavy (non-hydrogen) atoms. The summed E-state index contributed by atoms with van der Waals surface area (Å²) in [5.41, 5.74) is 5.80. The number of rotatable bonds is 3. The van der Waals surface area contributed by atoms with Gasteiger partial charge in [0.1, 0.15) is 0 Å². The highest BCUT2D eigenvalue weighted by molar-refractivity contribution is 5.85. The van der Waals surface area contributed by atoms with Crippen LogP contribution in [0.3, 0.4) is 0 Å². The van der Waals surface area contributed by atoms with Crippen molar-refractivity contribution in [2.75, 3.05) is 0 Å². The molecule has 1 rings (SSSR count). The van der Waals surface area contributed by atoms with E-state index in [1.54, 1.807) is 6.07 Å². The van der Waals surface area contributed by atoms with Gasteiger partial charge in [0, 0.05) is 6.04 Å². The zero-order valence-corrected chi connectivity index (χ0v) is 10.6. The van der Waals surface area contributed by atoms with Gasteiger partial charge in [0.05, 0.1) is 5.56 Å². The maximum absolute atomic E-state index is 12.5. The third-order valence-electron chi connectivity index (χ3n) is 2.86. The minimum atomic E-state index is -4.30. The summed E-state index contributed by atoms with van der Waals surface area (Å²) >= 11 is 0. The van der Waals surface area contributed by atoms with Gasteiger partial charge in [-0.1, -0.05) is 32.4 Å². The van der Waals surface area contributed by atoms with E-state index in [9.17, 15) is 13.2 Å². The fraction of sp³-hybridized carbons (Fsp3) is 0.500. The standard InChI is InChI=1S/C12H16F3N.ClH/c1-3-8(2)11(16)9-5-4-6-10(7-9)12(13,14)15;/h4-8,11H,3,16H2,1-2H3;1H/t8?,11-;/m1./s1. The Kier molecular flexibility index (Phi) is 5.99. The van der Waals surface area contributed by atoms with E-state index in [4.69, 9.17) is 5.73 Å². The van der Waals surface area contributed by atoms with Crippen molar-refractivity contribution in [2.45, 2.75) is 32.5 Å². The van der Waals surface area contributed by atoms with Crippen LogP contribution in [-0.4, -0.2) is 0 Å². The summed E-state index contributed by atoms with van der Waals surface area (Å²) in [5, 5.41) is 0. The minimum absolute atomic E-state index is 0. The van der Waals surface area contributed by atoms with E-state index in [1.165, 1.54) is 6.07 Å². The number of benzene rings is 1. The SMILES string of the molecule is CCC(C)[C@@H](N)c1cccc(C(F)(F)F)c1.Cl. The Morgan fingerprint density at radius 3 is 2.35 bits per heavy atom. The molecule has 0 spiro atoms. The summed E-state index contributed by atoms with van der Waals surface area (Å²) in [5.74, 6) is 0.170. The smallest absolute Gasteiger partial charge is 0.324 e. The Morgan fingerprint density at radius 1 is 1.29 bits per heavy atom. The Morgan fingerprint density at radius 2 is 1.88 bits per heavy atom. The maximum atomic E-state index is 12.5. The first-order valence-electron chi connectivity index (χ1n) is 5.29. The quantitative estimate of drug-likeness (QED) is 0.874. The number of hydrogen-bond acceptors (Lipinski definition) is 1. The van der Waals surface area contributed by atoms with Gasteiger partial charge in [0.25, 0.3) is 0 Å². The highest BCUT2D eigenvalue weighted by Gasteiger charge is 2.30. The van der Waals surface area contributed by atoms with Crippen LogP contribution in [0.2, 0.25) is 0 Å². The molecule has 2 atom stereocenters. The van der Waals surface area contributed by atoms with Gasteiger partial charge in [-0.3, -0.25) is 0 Å². The first-order valence-corrected chi connectivity index (χ1v) is 5.29. The highest BCUT2D eigenvalue weighted by Crippen LogP contribution is 2.31. The molecule has 1 aromatic rings. The second-order valence-electron chi connectivity index (χ2n) is 4.03. The Hall–Kier alpha value is -0.740. The van der Waals surface area contributed by atoms with Crippen LogP contribution in [0.25, 0.3) is 0 Å². The molecule has 2 N–H and O–H groups in total. The third-order valence-corrected chi connectivity index (χ3v) is 2.86. The largest absolute Gasteiger partial charge is 0.416 e. The monoisotopic (exact) mass is 267 g/mol. The van der Waals surface area contributed by atoms with Gasteiger partial charge in [-0.05, 0) is 23.6 Å². The van der Waals surface area contributed by atoms with Gasteiger partial charge in [-0.15, -0.1) is 12.4 Å². The molecule has 0 aliphatic heterocycles. The molecule has 0 fully saturated rings. The van der Waals surface area contributed by atoms with Crippen molar-refractivity contribution in [1.82, 2.24) is 0 Å². The van der Waals surface area contributed by atoms with E-state index < -0.39 is 11.7 Å². The second-order valence-corrected chi connectivity index (χ2v) is 4.03. The number of nitrogens with two attached hydrogens (primary N) is 1. The van der Waals surface area contributed by atoms with Crippen LogP contribution in [0.5, 0.6) is 0 Å². The van der Waals surface area contributed by atoms with E-state index in [-0.39, 0.29) is 24.4 Å². The van der Waals surface area contributed by atoms with Crippen LogP contribution >= 0.6 is 12.4 Å². The van der Waals surface area contributed by atoms with Crippen LogP contribution in [0.15, 0.2) is 24.3 Å². The van der Waals surface area contributed by atoms with Crippen molar-refractivity contribution in [3.63, 3.8) is 0 Å². The minimum Gasteiger partial charge on any atom is -0.324 e. The lowest BCUT2D eigenvalue weighted by molar-refractivity contribution is -0.137. The normalized spacial score (nSPS) is 14.9. The van der Waals surface area contributed by atoms with E-state index in [0.29, 0.717) is 5.56 Å². The summed E-state index contributed by atoms with van der Waals surface area (Å²) in [6.07, 6.45) is -3.46. The molecule has 0 radical (unpaired) electrons. The van der Waals surface area contributed by atoms with Crippen LogP contribution in [-0.2, 0) is 6.18 Å². The topological polar surface area (TPSA) is 26.0 Å². The molecular weight excluding hydrogens is 251 g/mol. The second kappa shape index (κ2) is 6.26. The van der Waals surface area contributed by atoms with Gasteiger partial charge in [0.15, 0.2) is 0 Å².